The fourth-order valence-corrected chi connectivity index (χ4v) is 4.65. The van der Waals surface area contributed by atoms with E-state index in [9.17, 15) is 0 Å². The van der Waals surface area contributed by atoms with E-state index >= 15 is 0 Å². The molecule has 0 spiro atoms. The van der Waals surface area contributed by atoms with E-state index in [1.807, 2.05) is 11.7 Å². The molecule has 1 heterocycles. The van der Waals surface area contributed by atoms with Crippen LogP contribution in [0.3, 0.4) is 0 Å². The SMILES string of the molecule is CCNC(=NCc1c(C)nn(C)c1C)NCCC1CC2CCC1C2.I. The number of nitrogens with one attached hydrogen (secondary N) is 2. The van der Waals surface area contributed by atoms with E-state index in [1.165, 1.54) is 43.4 Å². The van der Waals surface area contributed by atoms with Gasteiger partial charge in [-0.3, -0.25) is 4.68 Å². The smallest absolute Gasteiger partial charge is 0.191 e. The zero-order valence-electron chi connectivity index (χ0n) is 16.1. The number of guanidine groups is 1. The van der Waals surface area contributed by atoms with Crippen LogP contribution in [0.5, 0.6) is 0 Å². The molecule has 2 aliphatic rings. The van der Waals surface area contributed by atoms with Crippen LogP contribution in [0.1, 0.15) is 56.0 Å². The highest BCUT2D eigenvalue weighted by molar-refractivity contribution is 14.0. The maximum absolute atomic E-state index is 4.77. The predicted molar refractivity (Wildman–Crippen MR) is 114 cm³/mol. The molecule has 2 saturated carbocycles. The number of aromatic nitrogens is 2. The molecule has 0 aromatic carbocycles. The van der Waals surface area contributed by atoms with Crippen LogP contribution in [0.25, 0.3) is 0 Å². The fraction of sp³-hybridized carbons (Fsp3) is 0.789. The molecule has 142 valence electrons. The van der Waals surface area contributed by atoms with Crippen molar-refractivity contribution >= 4 is 29.9 Å². The van der Waals surface area contributed by atoms with Crippen molar-refractivity contribution in [3.05, 3.63) is 17.0 Å². The predicted octanol–water partition coefficient (Wildman–Crippen LogP) is 3.54. The van der Waals surface area contributed by atoms with Gasteiger partial charge in [0.05, 0.1) is 12.2 Å². The van der Waals surface area contributed by atoms with Gasteiger partial charge in [0.2, 0.25) is 0 Å². The molecule has 25 heavy (non-hydrogen) atoms. The molecule has 3 atom stereocenters. The highest BCUT2D eigenvalue weighted by Gasteiger charge is 2.38. The number of hydrogen-bond acceptors (Lipinski definition) is 2. The zero-order valence-corrected chi connectivity index (χ0v) is 18.5. The second-order valence-electron chi connectivity index (χ2n) is 7.62. The summed E-state index contributed by atoms with van der Waals surface area (Å²) < 4.78 is 1.94. The fourth-order valence-electron chi connectivity index (χ4n) is 4.65. The van der Waals surface area contributed by atoms with E-state index in [1.54, 1.807) is 0 Å². The standard InChI is InChI=1S/C19H33N5.HI/c1-5-20-19(22-12-18-13(2)23-24(4)14(18)3)21-9-8-17-11-15-6-7-16(17)10-15;/h15-17H,5-12H2,1-4H3,(H2,20,21,22);1H. The minimum absolute atomic E-state index is 0. The number of aryl methyl sites for hydroxylation is 2. The van der Waals surface area contributed by atoms with Crippen molar-refractivity contribution in [1.82, 2.24) is 20.4 Å². The lowest BCUT2D eigenvalue weighted by molar-refractivity contribution is 0.315. The third-order valence-electron chi connectivity index (χ3n) is 6.09. The highest BCUT2D eigenvalue weighted by atomic mass is 127. The van der Waals surface area contributed by atoms with E-state index in [-0.39, 0.29) is 24.0 Å². The molecule has 2 fully saturated rings. The first-order valence-electron chi connectivity index (χ1n) is 9.59. The van der Waals surface area contributed by atoms with Crippen LogP contribution in [-0.2, 0) is 13.6 Å². The van der Waals surface area contributed by atoms with Crippen molar-refractivity contribution in [3.63, 3.8) is 0 Å². The van der Waals surface area contributed by atoms with Gasteiger partial charge in [0.1, 0.15) is 0 Å². The molecular formula is C19H34IN5. The van der Waals surface area contributed by atoms with Crippen molar-refractivity contribution < 1.29 is 0 Å². The number of aliphatic imine (C=N–C) groups is 1. The number of rotatable bonds is 6. The topological polar surface area (TPSA) is 54.2 Å². The summed E-state index contributed by atoms with van der Waals surface area (Å²) in [6.45, 7) is 8.91. The summed E-state index contributed by atoms with van der Waals surface area (Å²) in [5, 5.41) is 11.4. The van der Waals surface area contributed by atoms with Gasteiger partial charge in [-0.25, -0.2) is 4.99 Å². The average molecular weight is 459 g/mol. The quantitative estimate of drug-likeness (QED) is 0.389. The largest absolute Gasteiger partial charge is 0.357 e. The molecule has 5 nitrogen and oxygen atoms in total. The minimum Gasteiger partial charge on any atom is -0.357 e. The Morgan fingerprint density at radius 1 is 1.24 bits per heavy atom. The second-order valence-corrected chi connectivity index (χ2v) is 7.62. The minimum atomic E-state index is 0. The average Bonchev–Trinajstić information content (AvgIpc) is 3.22. The molecule has 0 radical (unpaired) electrons. The first kappa shape index (κ1) is 20.5. The van der Waals surface area contributed by atoms with Crippen molar-refractivity contribution in [1.29, 1.82) is 0 Å². The maximum atomic E-state index is 4.77. The molecular weight excluding hydrogens is 425 g/mol. The van der Waals surface area contributed by atoms with Crippen LogP contribution in [0.4, 0.5) is 0 Å². The van der Waals surface area contributed by atoms with E-state index in [4.69, 9.17) is 4.99 Å². The van der Waals surface area contributed by atoms with E-state index in [0.29, 0.717) is 6.54 Å². The highest BCUT2D eigenvalue weighted by Crippen LogP contribution is 2.49. The third kappa shape index (κ3) is 4.89. The normalized spacial score (nSPS) is 25.1. The zero-order chi connectivity index (χ0) is 17.1. The molecule has 3 unspecified atom stereocenters. The summed E-state index contributed by atoms with van der Waals surface area (Å²) in [6.07, 6.45) is 7.22. The summed E-state index contributed by atoms with van der Waals surface area (Å²) in [7, 11) is 1.99. The van der Waals surface area contributed by atoms with Crippen LogP contribution in [0.2, 0.25) is 0 Å². The second kappa shape index (κ2) is 9.24. The van der Waals surface area contributed by atoms with Crippen LogP contribution in [-0.4, -0.2) is 28.8 Å². The van der Waals surface area contributed by atoms with Gasteiger partial charge in [-0.1, -0.05) is 6.42 Å². The Bertz CT molecular complexity index is 595. The summed E-state index contributed by atoms with van der Waals surface area (Å²) in [5.74, 6) is 3.93. The lowest BCUT2D eigenvalue weighted by Crippen LogP contribution is -2.38. The summed E-state index contributed by atoms with van der Waals surface area (Å²) >= 11 is 0. The van der Waals surface area contributed by atoms with Gasteiger partial charge in [-0.2, -0.15) is 5.10 Å². The molecule has 6 heteroatoms. The van der Waals surface area contributed by atoms with Gasteiger partial charge in [-0.15, -0.1) is 24.0 Å². The molecule has 0 aliphatic heterocycles. The number of fused-ring (bicyclic) bond motifs is 2. The van der Waals surface area contributed by atoms with Crippen LogP contribution in [0.15, 0.2) is 4.99 Å². The first-order valence-corrected chi connectivity index (χ1v) is 9.59. The Morgan fingerprint density at radius 2 is 2.04 bits per heavy atom. The molecule has 3 rings (SSSR count). The molecule has 0 amide bonds. The number of halogens is 1. The number of nitrogens with zero attached hydrogens (tertiary/aromatic N) is 3. The van der Waals surface area contributed by atoms with Crippen molar-refractivity contribution in [2.75, 3.05) is 13.1 Å². The molecule has 1 aromatic rings. The Morgan fingerprint density at radius 3 is 2.60 bits per heavy atom. The van der Waals surface area contributed by atoms with Crippen molar-refractivity contribution in [3.8, 4) is 0 Å². The Balaban J connectivity index is 0.00000225. The molecule has 0 saturated heterocycles. The molecule has 1 aromatic heterocycles. The molecule has 2 N–H and O–H groups in total. The number of hydrogen-bond donors (Lipinski definition) is 2. The van der Waals surface area contributed by atoms with Gasteiger partial charge in [0, 0.05) is 31.4 Å². The van der Waals surface area contributed by atoms with Gasteiger partial charge in [-0.05, 0) is 64.2 Å². The lowest BCUT2D eigenvalue weighted by Gasteiger charge is -2.22. The van der Waals surface area contributed by atoms with E-state index < -0.39 is 0 Å². The van der Waals surface area contributed by atoms with E-state index in [2.05, 4.69) is 36.5 Å². The van der Waals surface area contributed by atoms with Gasteiger partial charge < -0.3 is 10.6 Å². The van der Waals surface area contributed by atoms with Crippen LogP contribution >= 0.6 is 24.0 Å². The Hall–Kier alpha value is -0.790. The summed E-state index contributed by atoms with van der Waals surface area (Å²) in [4.78, 5) is 4.77. The van der Waals surface area contributed by atoms with Gasteiger partial charge >= 0.3 is 0 Å². The Labute approximate surface area is 169 Å². The first-order chi connectivity index (χ1) is 11.6. The summed E-state index contributed by atoms with van der Waals surface area (Å²) in [6, 6.07) is 0. The van der Waals surface area contributed by atoms with Crippen molar-refractivity contribution in [2.24, 2.45) is 29.8 Å². The summed E-state index contributed by atoms with van der Waals surface area (Å²) in [5.41, 5.74) is 3.52. The van der Waals surface area contributed by atoms with Crippen molar-refractivity contribution in [2.45, 2.75) is 59.4 Å². The third-order valence-corrected chi connectivity index (χ3v) is 6.09. The molecule has 2 bridgehead atoms. The van der Waals surface area contributed by atoms with Crippen LogP contribution < -0.4 is 10.6 Å². The van der Waals surface area contributed by atoms with Gasteiger partial charge in [0.25, 0.3) is 0 Å². The van der Waals surface area contributed by atoms with E-state index in [0.717, 1.165) is 42.5 Å². The molecule has 2 aliphatic carbocycles. The van der Waals surface area contributed by atoms with Crippen LogP contribution in [0, 0.1) is 31.6 Å². The monoisotopic (exact) mass is 459 g/mol. The van der Waals surface area contributed by atoms with Gasteiger partial charge in [0.15, 0.2) is 5.96 Å². The maximum Gasteiger partial charge on any atom is 0.191 e. The Kier molecular flexibility index (Phi) is 7.58. The lowest BCUT2D eigenvalue weighted by atomic mass is 9.86.